The van der Waals surface area contributed by atoms with E-state index in [1.54, 1.807) is 85.7 Å². The van der Waals surface area contributed by atoms with E-state index < -0.39 is 39.1 Å². The summed E-state index contributed by atoms with van der Waals surface area (Å²) in [6, 6.07) is 13.8. The summed E-state index contributed by atoms with van der Waals surface area (Å²) >= 11 is 6.17. The quantitative estimate of drug-likeness (QED) is 0.268. The van der Waals surface area contributed by atoms with Crippen molar-refractivity contribution in [3.05, 3.63) is 81.4 Å². The molecule has 246 valence electrons. The number of carbonyl (C=O) groups is 3. The van der Waals surface area contributed by atoms with Gasteiger partial charge in [0.2, 0.25) is 0 Å². The monoisotopic (exact) mass is 669 g/mol. The van der Waals surface area contributed by atoms with Crippen molar-refractivity contribution in [2.24, 2.45) is 0 Å². The third-order valence-electron chi connectivity index (χ3n) is 7.55. The average Bonchev–Trinajstić information content (AvgIpc) is 2.91. The highest BCUT2D eigenvalue weighted by Crippen LogP contribution is 2.31. The molecule has 3 aromatic rings. The highest BCUT2D eigenvalue weighted by Gasteiger charge is 2.54. The van der Waals surface area contributed by atoms with Crippen LogP contribution in [0.1, 0.15) is 60.3 Å². The summed E-state index contributed by atoms with van der Waals surface area (Å²) < 4.78 is 39.8. The van der Waals surface area contributed by atoms with E-state index in [-0.39, 0.29) is 24.6 Å². The van der Waals surface area contributed by atoms with Crippen LogP contribution < -0.4 is 10.0 Å². The van der Waals surface area contributed by atoms with Crippen molar-refractivity contribution in [2.75, 3.05) is 24.4 Å². The number of rotatable bonds is 8. The van der Waals surface area contributed by atoms with Crippen LogP contribution in [-0.2, 0) is 24.3 Å². The Morgan fingerprint density at radius 3 is 2.13 bits per heavy atom. The van der Waals surface area contributed by atoms with Crippen molar-refractivity contribution in [3.8, 4) is 11.1 Å². The number of aryl methyl sites for hydroxylation is 4. The molecule has 0 aliphatic carbocycles. The lowest BCUT2D eigenvalue weighted by atomic mass is 9.88. The predicted octanol–water partition coefficient (Wildman–Crippen LogP) is 6.32. The molecule has 0 unspecified atom stereocenters. The first-order valence-electron chi connectivity index (χ1n) is 14.8. The maximum absolute atomic E-state index is 13.6. The Balaban J connectivity index is 1.57. The molecular weight excluding hydrogens is 630 g/mol. The van der Waals surface area contributed by atoms with Crippen molar-refractivity contribution in [1.29, 1.82) is 0 Å². The molecule has 3 aromatic carbocycles. The summed E-state index contributed by atoms with van der Waals surface area (Å²) in [5.41, 5.74) is 2.62. The minimum absolute atomic E-state index is 0.0829. The van der Waals surface area contributed by atoms with Crippen molar-refractivity contribution >= 4 is 45.3 Å². The molecule has 4 rings (SSSR count). The fourth-order valence-corrected chi connectivity index (χ4v) is 6.95. The van der Waals surface area contributed by atoms with E-state index in [0.29, 0.717) is 38.5 Å². The van der Waals surface area contributed by atoms with E-state index >= 15 is 0 Å². The van der Waals surface area contributed by atoms with Crippen LogP contribution in [0.2, 0.25) is 5.02 Å². The lowest BCUT2D eigenvalue weighted by Gasteiger charge is -2.47. The van der Waals surface area contributed by atoms with E-state index in [4.69, 9.17) is 21.1 Å². The first-order chi connectivity index (χ1) is 21.4. The van der Waals surface area contributed by atoms with Crippen LogP contribution >= 0.6 is 11.6 Å². The molecule has 46 heavy (non-hydrogen) atoms. The minimum atomic E-state index is -3.89. The van der Waals surface area contributed by atoms with Gasteiger partial charge in [0.05, 0.1) is 24.6 Å². The summed E-state index contributed by atoms with van der Waals surface area (Å²) in [5, 5.41) is 3.33. The highest BCUT2D eigenvalue weighted by molar-refractivity contribution is 7.92. The summed E-state index contributed by atoms with van der Waals surface area (Å²) in [6.07, 6.45) is -0.582. The van der Waals surface area contributed by atoms with Gasteiger partial charge >= 0.3 is 12.1 Å². The molecule has 2 N–H and O–H groups in total. The lowest BCUT2D eigenvalue weighted by molar-refractivity contribution is -0.157. The molecule has 0 bridgehead atoms. The number of carbonyl (C=O) groups excluding carboxylic acids is 3. The van der Waals surface area contributed by atoms with Gasteiger partial charge in [-0.1, -0.05) is 35.9 Å². The molecule has 0 atom stereocenters. The maximum atomic E-state index is 13.6. The molecule has 0 radical (unpaired) electrons. The zero-order valence-corrected chi connectivity index (χ0v) is 28.9. The number of amides is 2. The molecule has 1 aliphatic rings. The van der Waals surface area contributed by atoms with Gasteiger partial charge in [0.25, 0.3) is 15.9 Å². The fraction of sp³-hybridized carbons (Fsp3) is 0.382. The Morgan fingerprint density at radius 1 is 0.913 bits per heavy atom. The lowest BCUT2D eigenvalue weighted by Crippen LogP contribution is -2.75. The number of halogens is 1. The number of sulfonamides is 1. The second kappa shape index (κ2) is 13.0. The van der Waals surface area contributed by atoms with Crippen LogP contribution in [0.15, 0.2) is 53.4 Å². The number of esters is 1. The molecule has 12 heteroatoms. The molecule has 0 spiro atoms. The van der Waals surface area contributed by atoms with E-state index in [1.165, 1.54) is 4.90 Å². The average molecular weight is 670 g/mol. The first-order valence-corrected chi connectivity index (χ1v) is 16.7. The van der Waals surface area contributed by atoms with Crippen LogP contribution in [0.4, 0.5) is 10.5 Å². The molecule has 0 saturated carbocycles. The highest BCUT2D eigenvalue weighted by atomic mass is 35.5. The number of nitrogens with zero attached hydrogens (tertiary/aromatic N) is 1. The Hall–Kier alpha value is -4.09. The SMILES string of the molecule is CCOC(=O)C1(NC(=O)c2c(C)cc(-c3cccc(NS(=O)(=O)c4cc(C)c(Cl)cc4C)c3)cc2C)CN(C(=O)OC(C)(C)C)C1. The standard InChI is InChI=1S/C34H40ClN3O7S/c1-9-44-31(40)34(18-38(19-34)32(41)45-33(6,7)8)36-30(39)29-22(4)13-25(14-23(29)5)24-11-10-12-26(17-24)37-46(42,43)28-16-20(2)27(35)15-21(28)3/h10-17,37H,9,18-19H2,1-8H3,(H,36,39). The van der Waals surface area contributed by atoms with Crippen molar-refractivity contribution in [1.82, 2.24) is 10.2 Å². The molecule has 2 amide bonds. The Kier molecular flexibility index (Phi) is 9.80. The largest absolute Gasteiger partial charge is 0.464 e. The van der Waals surface area contributed by atoms with Crippen LogP contribution in [0.5, 0.6) is 0 Å². The van der Waals surface area contributed by atoms with Gasteiger partial charge in [0.1, 0.15) is 5.60 Å². The van der Waals surface area contributed by atoms with E-state index in [2.05, 4.69) is 10.0 Å². The van der Waals surface area contributed by atoms with Crippen LogP contribution in [0.25, 0.3) is 11.1 Å². The number of ether oxygens (including phenoxy) is 2. The number of likely N-dealkylation sites (tertiary alicyclic amines) is 1. The summed E-state index contributed by atoms with van der Waals surface area (Å²) in [6.45, 7) is 13.9. The van der Waals surface area contributed by atoms with Crippen molar-refractivity contribution < 1.29 is 32.3 Å². The van der Waals surface area contributed by atoms with Crippen molar-refractivity contribution in [2.45, 2.75) is 71.4 Å². The van der Waals surface area contributed by atoms with Gasteiger partial charge in [0, 0.05) is 16.3 Å². The second-order valence-corrected chi connectivity index (χ2v) is 14.7. The Labute approximate surface area is 275 Å². The number of nitrogens with one attached hydrogen (secondary N) is 2. The molecule has 1 aliphatic heterocycles. The predicted molar refractivity (Wildman–Crippen MR) is 178 cm³/mol. The number of hydrogen-bond acceptors (Lipinski definition) is 7. The first kappa shape index (κ1) is 34.8. The third-order valence-corrected chi connectivity index (χ3v) is 9.48. The van der Waals surface area contributed by atoms with Gasteiger partial charge in [-0.25, -0.2) is 18.0 Å². The van der Waals surface area contributed by atoms with E-state index in [1.807, 2.05) is 18.2 Å². The third kappa shape index (κ3) is 7.47. The second-order valence-electron chi connectivity index (χ2n) is 12.6. The van der Waals surface area contributed by atoms with Crippen molar-refractivity contribution in [3.63, 3.8) is 0 Å². The zero-order chi connectivity index (χ0) is 34.2. The Morgan fingerprint density at radius 2 is 1.54 bits per heavy atom. The minimum Gasteiger partial charge on any atom is -0.464 e. The maximum Gasteiger partial charge on any atom is 0.410 e. The van der Waals surface area contributed by atoms with Gasteiger partial charge in [-0.2, -0.15) is 0 Å². The number of benzene rings is 3. The molecule has 1 heterocycles. The smallest absolute Gasteiger partial charge is 0.410 e. The normalized spacial score (nSPS) is 14.2. The van der Waals surface area contributed by atoms with Gasteiger partial charge in [-0.05, 0) is 113 Å². The molecule has 1 fully saturated rings. The molecule has 0 aromatic heterocycles. The molecular formula is C34H40ClN3O7S. The van der Waals surface area contributed by atoms with Crippen LogP contribution in [0, 0.1) is 27.7 Å². The summed E-state index contributed by atoms with van der Waals surface area (Å²) in [5.74, 6) is -1.10. The van der Waals surface area contributed by atoms with Crippen LogP contribution in [-0.4, -0.2) is 62.1 Å². The topological polar surface area (TPSA) is 131 Å². The van der Waals surface area contributed by atoms with Gasteiger partial charge < -0.3 is 19.7 Å². The number of hydrogen-bond donors (Lipinski definition) is 2. The van der Waals surface area contributed by atoms with E-state index in [9.17, 15) is 22.8 Å². The Bertz CT molecular complexity index is 1790. The summed E-state index contributed by atoms with van der Waals surface area (Å²) in [4.78, 5) is 40.7. The van der Waals surface area contributed by atoms with Crippen LogP contribution in [0.3, 0.4) is 0 Å². The summed E-state index contributed by atoms with van der Waals surface area (Å²) in [7, 11) is -3.89. The van der Waals surface area contributed by atoms with Gasteiger partial charge in [0.15, 0.2) is 5.54 Å². The number of anilines is 1. The molecule has 10 nitrogen and oxygen atoms in total. The van der Waals surface area contributed by atoms with Gasteiger partial charge in [-0.15, -0.1) is 0 Å². The zero-order valence-electron chi connectivity index (χ0n) is 27.3. The molecule has 1 saturated heterocycles. The van der Waals surface area contributed by atoms with Gasteiger partial charge in [-0.3, -0.25) is 9.52 Å². The van der Waals surface area contributed by atoms with E-state index in [0.717, 1.165) is 11.1 Å². The fourth-order valence-electron chi connectivity index (χ4n) is 5.37.